The van der Waals surface area contributed by atoms with Crippen LogP contribution in [0, 0.1) is 0 Å². The number of esters is 2. The van der Waals surface area contributed by atoms with Crippen LogP contribution < -0.4 is 10.6 Å². The Morgan fingerprint density at radius 3 is 1.87 bits per heavy atom. The van der Waals surface area contributed by atoms with E-state index in [1.54, 1.807) is 0 Å². The van der Waals surface area contributed by atoms with Gasteiger partial charge < -0.3 is 20.1 Å². The van der Waals surface area contributed by atoms with E-state index in [2.05, 4.69) is 20.1 Å². The van der Waals surface area contributed by atoms with Gasteiger partial charge in [-0.1, -0.05) is 0 Å². The van der Waals surface area contributed by atoms with Crippen LogP contribution in [0.25, 0.3) is 0 Å². The van der Waals surface area contributed by atoms with Gasteiger partial charge in [0.05, 0.1) is 14.2 Å². The average Bonchev–Trinajstić information content (AvgIpc) is 2.26. The van der Waals surface area contributed by atoms with Crippen molar-refractivity contribution in [1.29, 1.82) is 0 Å². The molecule has 2 atom stereocenters. The molecule has 7 nitrogen and oxygen atoms in total. The van der Waals surface area contributed by atoms with E-state index < -0.39 is 30.1 Å². The van der Waals surface area contributed by atoms with Gasteiger partial charge in [-0.15, -0.1) is 0 Å². The van der Waals surface area contributed by atoms with Crippen LogP contribution in [0.2, 0.25) is 0 Å². The molecule has 0 aromatic rings. The molecule has 1 rings (SSSR count). The first-order valence-corrected chi connectivity index (χ1v) is 4.31. The molecule has 0 radical (unpaired) electrons. The smallest absolute Gasteiger partial charge is 0.328 e. The van der Waals surface area contributed by atoms with E-state index in [-0.39, 0.29) is 6.42 Å². The van der Waals surface area contributed by atoms with Gasteiger partial charge in [0.1, 0.15) is 12.1 Å². The van der Waals surface area contributed by atoms with Gasteiger partial charge >= 0.3 is 18.0 Å². The zero-order valence-corrected chi connectivity index (χ0v) is 8.40. The maximum Gasteiger partial charge on any atom is 0.328 e. The van der Waals surface area contributed by atoms with Crippen molar-refractivity contribution < 1.29 is 23.9 Å². The second kappa shape index (κ2) is 4.63. The minimum absolute atomic E-state index is 0.116. The molecule has 7 heteroatoms. The van der Waals surface area contributed by atoms with Crippen LogP contribution in [0.15, 0.2) is 0 Å². The summed E-state index contributed by atoms with van der Waals surface area (Å²) in [7, 11) is 2.42. The summed E-state index contributed by atoms with van der Waals surface area (Å²) < 4.78 is 8.93. The van der Waals surface area contributed by atoms with E-state index in [4.69, 9.17) is 0 Å². The van der Waals surface area contributed by atoms with Crippen molar-refractivity contribution >= 4 is 18.0 Å². The zero-order chi connectivity index (χ0) is 11.4. The number of rotatable bonds is 2. The highest BCUT2D eigenvalue weighted by atomic mass is 16.5. The number of amides is 2. The Balaban J connectivity index is 2.67. The molecule has 1 aliphatic heterocycles. The summed E-state index contributed by atoms with van der Waals surface area (Å²) in [4.78, 5) is 33.4. The van der Waals surface area contributed by atoms with Crippen LogP contribution in [0.1, 0.15) is 6.42 Å². The van der Waals surface area contributed by atoms with Crippen molar-refractivity contribution in [3.8, 4) is 0 Å². The van der Waals surface area contributed by atoms with Crippen LogP contribution in [-0.2, 0) is 19.1 Å². The molecule has 15 heavy (non-hydrogen) atoms. The summed E-state index contributed by atoms with van der Waals surface area (Å²) >= 11 is 0. The Kier molecular flexibility index (Phi) is 3.48. The Labute approximate surface area is 86.1 Å². The normalized spacial score (nSPS) is 24.8. The first-order chi connectivity index (χ1) is 7.08. The third kappa shape index (κ3) is 2.58. The lowest BCUT2D eigenvalue weighted by molar-refractivity contribution is -0.146. The molecule has 1 heterocycles. The van der Waals surface area contributed by atoms with Crippen molar-refractivity contribution in [2.75, 3.05) is 14.2 Å². The summed E-state index contributed by atoms with van der Waals surface area (Å²) in [5, 5.41) is 4.69. The largest absolute Gasteiger partial charge is 0.467 e. The number of carbonyl (C=O) groups excluding carboxylic acids is 3. The summed E-state index contributed by atoms with van der Waals surface area (Å²) in [5.74, 6) is -1.17. The van der Waals surface area contributed by atoms with Gasteiger partial charge in [-0.05, 0) is 0 Å². The number of hydrogen-bond donors (Lipinski definition) is 2. The lowest BCUT2D eigenvalue weighted by atomic mass is 10.1. The minimum atomic E-state index is -0.812. The molecule has 0 aromatic heterocycles. The van der Waals surface area contributed by atoms with Crippen LogP contribution in [0.3, 0.4) is 0 Å². The van der Waals surface area contributed by atoms with Gasteiger partial charge in [-0.25, -0.2) is 14.4 Å². The minimum Gasteiger partial charge on any atom is -0.467 e. The molecular formula is C8H12N2O5. The second-order valence-electron chi connectivity index (χ2n) is 3.00. The lowest BCUT2D eigenvalue weighted by Crippen LogP contribution is -2.59. The predicted octanol–water partition coefficient (Wildman–Crippen LogP) is -1.23. The fraction of sp³-hybridized carbons (Fsp3) is 0.625. The predicted molar refractivity (Wildman–Crippen MR) is 47.9 cm³/mol. The third-order valence-electron chi connectivity index (χ3n) is 2.05. The number of nitrogens with one attached hydrogen (secondary N) is 2. The van der Waals surface area contributed by atoms with Gasteiger partial charge in [0.25, 0.3) is 0 Å². The lowest BCUT2D eigenvalue weighted by Gasteiger charge is -2.27. The van der Waals surface area contributed by atoms with Crippen LogP contribution >= 0.6 is 0 Å². The fourth-order valence-corrected chi connectivity index (χ4v) is 1.31. The van der Waals surface area contributed by atoms with Gasteiger partial charge in [0.15, 0.2) is 0 Å². The number of hydrogen-bond acceptors (Lipinski definition) is 5. The fourth-order valence-electron chi connectivity index (χ4n) is 1.31. The number of ether oxygens (including phenoxy) is 2. The number of carbonyl (C=O) groups is 3. The summed E-state index contributed by atoms with van der Waals surface area (Å²) in [6.07, 6.45) is 0.116. The van der Waals surface area contributed by atoms with E-state index in [0.29, 0.717) is 0 Å². The molecule has 1 unspecified atom stereocenters. The van der Waals surface area contributed by atoms with Crippen molar-refractivity contribution in [3.05, 3.63) is 0 Å². The molecule has 1 fully saturated rings. The van der Waals surface area contributed by atoms with Crippen molar-refractivity contribution in [2.45, 2.75) is 18.5 Å². The Morgan fingerprint density at radius 2 is 1.53 bits per heavy atom. The molecule has 0 aromatic carbocycles. The van der Waals surface area contributed by atoms with Crippen molar-refractivity contribution in [1.82, 2.24) is 10.6 Å². The molecule has 0 spiro atoms. The van der Waals surface area contributed by atoms with Gasteiger partial charge in [0, 0.05) is 6.42 Å². The second-order valence-corrected chi connectivity index (χ2v) is 3.00. The van der Waals surface area contributed by atoms with Crippen LogP contribution in [-0.4, -0.2) is 44.3 Å². The van der Waals surface area contributed by atoms with E-state index in [1.165, 1.54) is 14.2 Å². The molecule has 1 saturated heterocycles. The highest BCUT2D eigenvalue weighted by Gasteiger charge is 2.35. The van der Waals surface area contributed by atoms with Crippen molar-refractivity contribution in [2.24, 2.45) is 0 Å². The SMILES string of the molecule is COC(=O)C1C[C@H](C(=O)OC)NC(=O)N1. The quantitative estimate of drug-likeness (QED) is 0.564. The molecule has 2 N–H and O–H groups in total. The Morgan fingerprint density at radius 1 is 1.13 bits per heavy atom. The van der Waals surface area contributed by atoms with E-state index in [0.717, 1.165) is 0 Å². The van der Waals surface area contributed by atoms with Gasteiger partial charge in [0.2, 0.25) is 0 Å². The summed E-state index contributed by atoms with van der Waals surface area (Å²) in [6.45, 7) is 0. The molecular weight excluding hydrogens is 204 g/mol. The maximum absolute atomic E-state index is 11.2. The molecule has 0 saturated carbocycles. The molecule has 0 bridgehead atoms. The van der Waals surface area contributed by atoms with Gasteiger partial charge in [-0.2, -0.15) is 0 Å². The zero-order valence-electron chi connectivity index (χ0n) is 8.40. The molecule has 84 valence electrons. The van der Waals surface area contributed by atoms with E-state index >= 15 is 0 Å². The molecule has 1 aliphatic rings. The Hall–Kier alpha value is -1.79. The summed E-state index contributed by atoms with van der Waals surface area (Å²) in [5.41, 5.74) is 0. The molecule has 0 aliphatic carbocycles. The maximum atomic E-state index is 11.2. The van der Waals surface area contributed by atoms with Crippen molar-refractivity contribution in [3.63, 3.8) is 0 Å². The Bertz CT molecular complexity index is 265. The highest BCUT2D eigenvalue weighted by Crippen LogP contribution is 2.07. The average molecular weight is 216 g/mol. The van der Waals surface area contributed by atoms with Crippen LogP contribution in [0.4, 0.5) is 4.79 Å². The summed E-state index contributed by atoms with van der Waals surface area (Å²) in [6, 6.07) is -2.22. The topological polar surface area (TPSA) is 93.7 Å². The number of urea groups is 1. The van der Waals surface area contributed by atoms with E-state index in [1.807, 2.05) is 0 Å². The van der Waals surface area contributed by atoms with Crippen LogP contribution in [0.5, 0.6) is 0 Å². The third-order valence-corrected chi connectivity index (χ3v) is 2.05. The standard InChI is InChI=1S/C8H12N2O5/c1-14-6(11)4-3-5(7(12)15-2)10-8(13)9-4/h4-5H,3H2,1-2H3,(H2,9,10,13)/t4-,5?/m1/s1. The number of methoxy groups -OCH3 is 2. The first-order valence-electron chi connectivity index (χ1n) is 4.31. The highest BCUT2D eigenvalue weighted by molar-refractivity contribution is 5.90. The molecule has 2 amide bonds. The van der Waals surface area contributed by atoms with Gasteiger partial charge in [-0.3, -0.25) is 0 Å². The first kappa shape index (κ1) is 11.3. The van der Waals surface area contributed by atoms with E-state index in [9.17, 15) is 14.4 Å². The monoisotopic (exact) mass is 216 g/mol.